The number of carbonyl (C=O) groups is 1. The second-order valence-electron chi connectivity index (χ2n) is 3.83. The third-order valence-corrected chi connectivity index (χ3v) is 3.11. The highest BCUT2D eigenvalue weighted by Crippen LogP contribution is 2.27. The molecule has 0 aliphatic heterocycles. The second kappa shape index (κ2) is 4.96. The smallest absolute Gasteiger partial charge is 0.338 e. The number of benzene rings is 1. The minimum Gasteiger partial charge on any atom is -0.478 e. The average Bonchev–Trinajstić information content (AvgIpc) is 2.30. The second-order valence-corrected chi connectivity index (χ2v) is 4.62. The standard InChI is InChI=1S/C13H9Cl2NO2/c1-7-4-9(14)2-3-10(7)8-5-11(13(17)18)12(15)16-6-8/h2-6H,1H3,(H,17,18). The number of carboxylic acid groups (broad SMARTS) is 1. The number of halogens is 2. The van der Waals surface area contributed by atoms with Gasteiger partial charge in [-0.2, -0.15) is 0 Å². The van der Waals surface area contributed by atoms with E-state index < -0.39 is 5.97 Å². The van der Waals surface area contributed by atoms with Gasteiger partial charge in [0.15, 0.2) is 0 Å². The number of pyridine rings is 1. The lowest BCUT2D eigenvalue weighted by atomic mass is 10.0. The summed E-state index contributed by atoms with van der Waals surface area (Å²) in [6.45, 7) is 1.90. The predicted molar refractivity (Wildman–Crippen MR) is 71.4 cm³/mol. The Balaban J connectivity index is 2.58. The van der Waals surface area contributed by atoms with Crippen LogP contribution in [0.3, 0.4) is 0 Å². The van der Waals surface area contributed by atoms with Crippen molar-refractivity contribution in [3.63, 3.8) is 0 Å². The number of nitrogens with zero attached hydrogens (tertiary/aromatic N) is 1. The average molecular weight is 282 g/mol. The van der Waals surface area contributed by atoms with Crippen molar-refractivity contribution in [2.75, 3.05) is 0 Å². The molecule has 1 N–H and O–H groups in total. The third kappa shape index (κ3) is 2.47. The maximum atomic E-state index is 11.0. The summed E-state index contributed by atoms with van der Waals surface area (Å²) in [6, 6.07) is 6.90. The van der Waals surface area contributed by atoms with Crippen LogP contribution in [0.1, 0.15) is 15.9 Å². The van der Waals surface area contributed by atoms with E-state index in [4.69, 9.17) is 28.3 Å². The van der Waals surface area contributed by atoms with Crippen LogP contribution >= 0.6 is 23.2 Å². The Kier molecular flexibility index (Phi) is 3.55. The van der Waals surface area contributed by atoms with E-state index in [9.17, 15) is 4.79 Å². The van der Waals surface area contributed by atoms with Gasteiger partial charge in [-0.1, -0.05) is 29.3 Å². The quantitative estimate of drug-likeness (QED) is 0.845. The van der Waals surface area contributed by atoms with E-state index in [1.807, 2.05) is 19.1 Å². The first kappa shape index (κ1) is 12.9. The molecule has 1 aromatic carbocycles. The topological polar surface area (TPSA) is 50.2 Å². The van der Waals surface area contributed by atoms with Crippen LogP contribution in [-0.2, 0) is 0 Å². The highest BCUT2D eigenvalue weighted by molar-refractivity contribution is 6.32. The Bertz CT molecular complexity index is 626. The maximum Gasteiger partial charge on any atom is 0.338 e. The first-order valence-electron chi connectivity index (χ1n) is 5.14. The predicted octanol–water partition coefficient (Wildman–Crippen LogP) is 4.06. The molecule has 0 radical (unpaired) electrons. The molecule has 0 aliphatic rings. The van der Waals surface area contributed by atoms with Gasteiger partial charge in [-0.05, 0) is 36.2 Å². The van der Waals surface area contributed by atoms with Gasteiger partial charge < -0.3 is 5.11 Å². The molecule has 0 aliphatic carbocycles. The van der Waals surface area contributed by atoms with Gasteiger partial charge in [0, 0.05) is 16.8 Å². The highest BCUT2D eigenvalue weighted by atomic mass is 35.5. The summed E-state index contributed by atoms with van der Waals surface area (Å²) in [5, 5.41) is 9.62. The Morgan fingerprint density at radius 1 is 1.28 bits per heavy atom. The fourth-order valence-electron chi connectivity index (χ4n) is 1.70. The van der Waals surface area contributed by atoms with E-state index in [1.54, 1.807) is 12.3 Å². The number of hydrogen-bond acceptors (Lipinski definition) is 2. The molecule has 0 atom stereocenters. The maximum absolute atomic E-state index is 11.0. The minimum atomic E-state index is -1.10. The van der Waals surface area contributed by atoms with Crippen molar-refractivity contribution in [3.8, 4) is 11.1 Å². The van der Waals surface area contributed by atoms with E-state index >= 15 is 0 Å². The lowest BCUT2D eigenvalue weighted by molar-refractivity contribution is 0.0696. The van der Waals surface area contributed by atoms with Gasteiger partial charge in [-0.25, -0.2) is 9.78 Å². The number of hydrogen-bond donors (Lipinski definition) is 1. The molecule has 1 heterocycles. The largest absolute Gasteiger partial charge is 0.478 e. The highest BCUT2D eigenvalue weighted by Gasteiger charge is 2.12. The first-order valence-corrected chi connectivity index (χ1v) is 5.90. The molecule has 0 saturated carbocycles. The molecular weight excluding hydrogens is 273 g/mol. The zero-order chi connectivity index (χ0) is 13.3. The van der Waals surface area contributed by atoms with Crippen molar-refractivity contribution < 1.29 is 9.90 Å². The van der Waals surface area contributed by atoms with Crippen LogP contribution in [0.4, 0.5) is 0 Å². The SMILES string of the molecule is Cc1cc(Cl)ccc1-c1cnc(Cl)c(C(=O)O)c1. The molecule has 2 rings (SSSR count). The molecule has 1 aromatic heterocycles. The van der Waals surface area contributed by atoms with Crippen LogP contribution < -0.4 is 0 Å². The van der Waals surface area contributed by atoms with Gasteiger partial charge in [0.25, 0.3) is 0 Å². The third-order valence-electron chi connectivity index (χ3n) is 2.57. The van der Waals surface area contributed by atoms with Gasteiger partial charge in [0.2, 0.25) is 0 Å². The minimum absolute atomic E-state index is 0.0106. The van der Waals surface area contributed by atoms with Crippen molar-refractivity contribution >= 4 is 29.2 Å². The molecule has 0 unspecified atom stereocenters. The summed E-state index contributed by atoms with van der Waals surface area (Å²) in [6.07, 6.45) is 1.55. The molecule has 0 fully saturated rings. The summed E-state index contributed by atoms with van der Waals surface area (Å²) in [5.41, 5.74) is 2.52. The van der Waals surface area contributed by atoms with E-state index in [2.05, 4.69) is 4.98 Å². The van der Waals surface area contributed by atoms with Gasteiger partial charge in [0.1, 0.15) is 5.15 Å². The lowest BCUT2D eigenvalue weighted by Crippen LogP contribution is -1.99. The number of aromatic nitrogens is 1. The summed E-state index contributed by atoms with van der Waals surface area (Å²) in [4.78, 5) is 14.9. The fraction of sp³-hybridized carbons (Fsp3) is 0.0769. The Labute approximate surface area is 114 Å². The summed E-state index contributed by atoms with van der Waals surface area (Å²) >= 11 is 11.6. The molecule has 2 aromatic rings. The van der Waals surface area contributed by atoms with E-state index in [-0.39, 0.29) is 10.7 Å². The van der Waals surface area contributed by atoms with Crippen molar-refractivity contribution in [3.05, 3.63) is 51.8 Å². The molecule has 5 heteroatoms. The molecule has 0 saturated heterocycles. The molecule has 0 bridgehead atoms. The summed E-state index contributed by atoms with van der Waals surface area (Å²) in [5.74, 6) is -1.10. The molecule has 0 amide bonds. The normalized spacial score (nSPS) is 10.4. The van der Waals surface area contributed by atoms with Gasteiger partial charge >= 0.3 is 5.97 Å². The molecule has 0 spiro atoms. The van der Waals surface area contributed by atoms with E-state index in [1.165, 1.54) is 6.07 Å². The molecule has 92 valence electrons. The Morgan fingerprint density at radius 3 is 2.61 bits per heavy atom. The monoisotopic (exact) mass is 281 g/mol. The zero-order valence-corrected chi connectivity index (χ0v) is 11.0. The Hall–Kier alpha value is -1.58. The first-order chi connectivity index (χ1) is 8.49. The van der Waals surface area contributed by atoms with Crippen molar-refractivity contribution in [2.45, 2.75) is 6.92 Å². The van der Waals surface area contributed by atoms with Crippen molar-refractivity contribution in [1.82, 2.24) is 4.98 Å². The van der Waals surface area contributed by atoms with Crippen LogP contribution in [0.15, 0.2) is 30.5 Å². The van der Waals surface area contributed by atoms with Crippen LogP contribution in [-0.4, -0.2) is 16.1 Å². The van der Waals surface area contributed by atoms with E-state index in [0.717, 1.165) is 11.1 Å². The number of rotatable bonds is 2. The summed E-state index contributed by atoms with van der Waals surface area (Å²) < 4.78 is 0. The van der Waals surface area contributed by atoms with Crippen LogP contribution in [0.25, 0.3) is 11.1 Å². The molecule has 3 nitrogen and oxygen atoms in total. The molecular formula is C13H9Cl2NO2. The van der Waals surface area contributed by atoms with Gasteiger partial charge in [-0.15, -0.1) is 0 Å². The number of aryl methyl sites for hydroxylation is 1. The fourth-order valence-corrected chi connectivity index (χ4v) is 2.11. The Morgan fingerprint density at radius 2 is 2.00 bits per heavy atom. The van der Waals surface area contributed by atoms with Crippen LogP contribution in [0.2, 0.25) is 10.2 Å². The van der Waals surface area contributed by atoms with Crippen LogP contribution in [0, 0.1) is 6.92 Å². The van der Waals surface area contributed by atoms with Gasteiger partial charge in [-0.3, -0.25) is 0 Å². The van der Waals surface area contributed by atoms with Crippen molar-refractivity contribution in [2.24, 2.45) is 0 Å². The summed E-state index contributed by atoms with van der Waals surface area (Å²) in [7, 11) is 0. The van der Waals surface area contributed by atoms with Crippen LogP contribution in [0.5, 0.6) is 0 Å². The zero-order valence-electron chi connectivity index (χ0n) is 9.45. The molecule has 18 heavy (non-hydrogen) atoms. The van der Waals surface area contributed by atoms with E-state index in [0.29, 0.717) is 10.6 Å². The lowest BCUT2D eigenvalue weighted by Gasteiger charge is -2.07. The van der Waals surface area contributed by atoms with Gasteiger partial charge in [0.05, 0.1) is 5.56 Å². The van der Waals surface area contributed by atoms with Crippen molar-refractivity contribution in [1.29, 1.82) is 0 Å². The number of aromatic carboxylic acids is 1. The number of carboxylic acids is 1.